The van der Waals surface area contributed by atoms with Crippen LogP contribution in [0.15, 0.2) is 18.2 Å². The average molecular weight is 211 g/mol. The lowest BCUT2D eigenvalue weighted by Crippen LogP contribution is -1.98. The lowest BCUT2D eigenvalue weighted by Gasteiger charge is -1.98. The van der Waals surface area contributed by atoms with E-state index in [-0.39, 0.29) is 6.42 Å². The van der Waals surface area contributed by atoms with Gasteiger partial charge in [-0.3, -0.25) is 20.2 Å². The number of hydrogen-bond donors (Lipinski definition) is 0. The summed E-state index contributed by atoms with van der Waals surface area (Å²) in [5, 5.41) is 31.2. The number of nitrogens with zero attached hydrogens (tertiary/aromatic N) is 2. The van der Waals surface area contributed by atoms with Gasteiger partial charge in [0.15, 0.2) is 0 Å². The zero-order valence-electron chi connectivity index (χ0n) is 7.58. The quantitative estimate of drug-likeness (QED) is 0.555. The van der Waals surface area contributed by atoms with Gasteiger partial charge < -0.3 is 0 Å². The Morgan fingerprint density at radius 3 is 2.13 bits per heavy atom. The molecule has 0 fully saturated rings. The van der Waals surface area contributed by atoms with Crippen molar-refractivity contribution in [2.75, 3.05) is 6.61 Å². The summed E-state index contributed by atoms with van der Waals surface area (Å²) >= 11 is 0. The molecule has 15 heavy (non-hydrogen) atoms. The zero-order chi connectivity index (χ0) is 11.4. The highest BCUT2D eigenvalue weighted by molar-refractivity contribution is 5.54. The van der Waals surface area contributed by atoms with E-state index in [9.17, 15) is 25.3 Å². The molecule has 0 saturated carbocycles. The molecule has 0 heterocycles. The van der Waals surface area contributed by atoms with Crippen molar-refractivity contribution < 1.29 is 15.0 Å². The Balaban J connectivity index is 3.21. The van der Waals surface area contributed by atoms with Gasteiger partial charge in [0, 0.05) is 12.1 Å². The van der Waals surface area contributed by atoms with E-state index in [0.717, 1.165) is 12.1 Å². The molecule has 7 nitrogen and oxygen atoms in total. The fourth-order valence-electron chi connectivity index (χ4n) is 1.14. The third kappa shape index (κ3) is 2.47. The molecule has 0 aliphatic rings. The summed E-state index contributed by atoms with van der Waals surface area (Å²) < 4.78 is 0. The molecule has 0 bridgehead atoms. The standard InChI is InChI=1S/C8H7N2O5/c11-4-3-6-1-2-7(9(12)13)8(5-6)10(14)15/h1-2,5H,3-4H2. The van der Waals surface area contributed by atoms with Crippen LogP contribution >= 0.6 is 0 Å². The van der Waals surface area contributed by atoms with E-state index in [1.165, 1.54) is 6.07 Å². The van der Waals surface area contributed by atoms with E-state index in [1.807, 2.05) is 0 Å². The molecule has 0 spiro atoms. The topological polar surface area (TPSA) is 106 Å². The van der Waals surface area contributed by atoms with Gasteiger partial charge in [-0.05, 0) is 12.0 Å². The SMILES string of the molecule is [O]CCc1ccc([N+](=O)[O-])c([N+](=O)[O-])c1. The normalized spacial score (nSPS) is 9.93. The summed E-state index contributed by atoms with van der Waals surface area (Å²) in [5.74, 6) is 0. The molecule has 0 saturated heterocycles. The van der Waals surface area contributed by atoms with Crippen molar-refractivity contribution in [3.05, 3.63) is 44.0 Å². The third-order valence-electron chi connectivity index (χ3n) is 1.82. The van der Waals surface area contributed by atoms with E-state index >= 15 is 0 Å². The Bertz CT molecular complexity index is 404. The van der Waals surface area contributed by atoms with Crippen molar-refractivity contribution in [3.63, 3.8) is 0 Å². The van der Waals surface area contributed by atoms with E-state index in [2.05, 4.69) is 0 Å². The zero-order valence-corrected chi connectivity index (χ0v) is 7.58. The van der Waals surface area contributed by atoms with Crippen LogP contribution in [0, 0.1) is 20.2 Å². The molecular weight excluding hydrogens is 204 g/mol. The van der Waals surface area contributed by atoms with Crippen molar-refractivity contribution in [1.82, 2.24) is 0 Å². The molecule has 0 amide bonds. The van der Waals surface area contributed by atoms with Crippen LogP contribution in [0.4, 0.5) is 11.4 Å². The molecule has 7 heteroatoms. The first-order valence-corrected chi connectivity index (χ1v) is 4.06. The van der Waals surface area contributed by atoms with Crippen LogP contribution in [0.3, 0.4) is 0 Å². The Labute approximate surface area is 84.3 Å². The number of hydrogen-bond acceptors (Lipinski definition) is 4. The molecule has 0 aromatic heterocycles. The van der Waals surface area contributed by atoms with Crippen molar-refractivity contribution in [2.24, 2.45) is 0 Å². The van der Waals surface area contributed by atoms with E-state index in [1.54, 1.807) is 0 Å². The van der Waals surface area contributed by atoms with Gasteiger partial charge in [0.05, 0.1) is 16.5 Å². The molecule has 1 aromatic rings. The minimum atomic E-state index is -0.827. The largest absolute Gasteiger partial charge is 0.346 e. The fraction of sp³-hybridized carbons (Fsp3) is 0.250. The lowest BCUT2D eigenvalue weighted by molar-refractivity contribution is -0.422. The summed E-state index contributed by atoms with van der Waals surface area (Å²) in [6.07, 6.45) is 0.124. The maximum Gasteiger partial charge on any atom is 0.346 e. The van der Waals surface area contributed by atoms with Gasteiger partial charge in [-0.15, -0.1) is 0 Å². The van der Waals surface area contributed by atoms with Gasteiger partial charge in [0.25, 0.3) is 0 Å². The third-order valence-corrected chi connectivity index (χ3v) is 1.82. The van der Waals surface area contributed by atoms with Crippen molar-refractivity contribution >= 4 is 11.4 Å². The molecule has 0 aliphatic heterocycles. The van der Waals surface area contributed by atoms with Crippen molar-refractivity contribution in [2.45, 2.75) is 6.42 Å². The molecular formula is C8H7N2O5. The molecule has 0 unspecified atom stereocenters. The first-order chi connectivity index (χ1) is 7.06. The van der Waals surface area contributed by atoms with Crippen molar-refractivity contribution in [3.8, 4) is 0 Å². The van der Waals surface area contributed by atoms with Crippen LogP contribution in [0.5, 0.6) is 0 Å². The summed E-state index contributed by atoms with van der Waals surface area (Å²) in [7, 11) is 0. The summed E-state index contributed by atoms with van der Waals surface area (Å²) in [4.78, 5) is 19.3. The molecule has 1 aromatic carbocycles. The number of benzene rings is 1. The Hall–Kier alpha value is -2.02. The van der Waals surface area contributed by atoms with Crippen LogP contribution in [0.1, 0.15) is 5.56 Å². The molecule has 1 radical (unpaired) electrons. The minimum absolute atomic E-state index is 0.124. The molecule has 0 atom stereocenters. The van der Waals surface area contributed by atoms with Gasteiger partial charge in [0.1, 0.15) is 0 Å². The number of nitro benzene ring substituents is 2. The first kappa shape index (κ1) is 11.1. The Morgan fingerprint density at radius 2 is 1.67 bits per heavy atom. The fourth-order valence-corrected chi connectivity index (χ4v) is 1.14. The molecule has 0 N–H and O–H groups in total. The predicted octanol–water partition coefficient (Wildman–Crippen LogP) is 1.48. The monoisotopic (exact) mass is 211 g/mol. The van der Waals surface area contributed by atoms with E-state index in [4.69, 9.17) is 0 Å². The summed E-state index contributed by atoms with van der Waals surface area (Å²) in [6.45, 7) is -0.408. The highest BCUT2D eigenvalue weighted by atomic mass is 16.6. The van der Waals surface area contributed by atoms with Crippen LogP contribution in [0.2, 0.25) is 0 Å². The summed E-state index contributed by atoms with van der Waals surface area (Å²) in [6, 6.07) is 3.46. The summed E-state index contributed by atoms with van der Waals surface area (Å²) in [5.41, 5.74) is -0.706. The van der Waals surface area contributed by atoms with Gasteiger partial charge in [0.2, 0.25) is 0 Å². The van der Waals surface area contributed by atoms with Crippen molar-refractivity contribution in [1.29, 1.82) is 0 Å². The minimum Gasteiger partial charge on any atom is -0.258 e. The number of rotatable bonds is 4. The lowest BCUT2D eigenvalue weighted by atomic mass is 10.1. The van der Waals surface area contributed by atoms with Crippen LogP contribution < -0.4 is 0 Å². The second-order valence-corrected chi connectivity index (χ2v) is 2.79. The Morgan fingerprint density at radius 1 is 1.07 bits per heavy atom. The number of nitro groups is 2. The maximum atomic E-state index is 10.5. The van der Waals surface area contributed by atoms with Crippen LogP contribution in [-0.2, 0) is 11.5 Å². The van der Waals surface area contributed by atoms with Crippen LogP contribution in [-0.4, -0.2) is 16.5 Å². The Kier molecular flexibility index (Phi) is 3.29. The highest BCUT2D eigenvalue weighted by Gasteiger charge is 2.23. The second-order valence-electron chi connectivity index (χ2n) is 2.79. The van der Waals surface area contributed by atoms with Gasteiger partial charge in [-0.1, -0.05) is 6.07 Å². The molecule has 0 aliphatic carbocycles. The second kappa shape index (κ2) is 4.47. The molecule has 79 valence electrons. The first-order valence-electron chi connectivity index (χ1n) is 4.06. The van der Waals surface area contributed by atoms with Crippen LogP contribution in [0.25, 0.3) is 0 Å². The van der Waals surface area contributed by atoms with Gasteiger partial charge in [-0.2, -0.15) is 0 Å². The maximum absolute atomic E-state index is 10.5. The highest BCUT2D eigenvalue weighted by Crippen LogP contribution is 2.27. The average Bonchev–Trinajstić information content (AvgIpc) is 2.17. The predicted molar refractivity (Wildman–Crippen MR) is 49.0 cm³/mol. The van der Waals surface area contributed by atoms with E-state index < -0.39 is 27.8 Å². The molecule has 1 rings (SSSR count). The van der Waals surface area contributed by atoms with Gasteiger partial charge in [-0.25, -0.2) is 5.11 Å². The van der Waals surface area contributed by atoms with E-state index in [0.29, 0.717) is 5.56 Å². The smallest absolute Gasteiger partial charge is 0.258 e. The van der Waals surface area contributed by atoms with Gasteiger partial charge >= 0.3 is 11.4 Å².